The van der Waals surface area contributed by atoms with Gasteiger partial charge in [0, 0.05) is 23.3 Å². The molecule has 0 spiro atoms. The molecule has 0 N–H and O–H groups in total. The van der Waals surface area contributed by atoms with Gasteiger partial charge in [-0.15, -0.1) is 0 Å². The Hall–Kier alpha value is -7.14. The zero-order valence-corrected chi connectivity index (χ0v) is 31.7. The highest BCUT2D eigenvalue weighted by Crippen LogP contribution is 2.32. The van der Waals surface area contributed by atoms with E-state index in [2.05, 4.69) is 182 Å². The zero-order chi connectivity index (χ0) is 37.6. The van der Waals surface area contributed by atoms with Crippen LogP contribution in [0.5, 0.6) is 11.8 Å². The minimum Gasteiger partial charge on any atom is -0.421 e. The summed E-state index contributed by atoms with van der Waals surface area (Å²) >= 11 is 0. The van der Waals surface area contributed by atoms with Crippen LogP contribution in [-0.2, 0) is 0 Å². The summed E-state index contributed by atoms with van der Waals surface area (Å²) in [6.07, 6.45) is 0. The summed E-state index contributed by atoms with van der Waals surface area (Å²) in [5.41, 5.74) is 8.09. The lowest BCUT2D eigenvalue weighted by atomic mass is 10.0. The second-order valence-corrected chi connectivity index (χ2v) is 17.6. The van der Waals surface area contributed by atoms with E-state index >= 15 is 0 Å². The standard InChI is InChI=1S/C52H38N2OSi/c1-6-18-39(19-7-1)42-22-16-23-43(36-42)49-30-17-31-51(53-49)55-52-38-44(37-50(54-52)41-20-8-2-9-21-41)40-32-34-48(35-33-40)56(45-24-10-3-11-25-45,46-26-12-4-13-27-46)47-28-14-5-15-29-47/h1-38H. The van der Waals surface area contributed by atoms with Crippen molar-refractivity contribution >= 4 is 28.8 Å². The Morgan fingerprint density at radius 1 is 0.268 bits per heavy atom. The molecule has 56 heavy (non-hydrogen) atoms. The first-order chi connectivity index (χ1) is 27.7. The fraction of sp³-hybridized carbons (Fsp3) is 0. The van der Waals surface area contributed by atoms with Gasteiger partial charge >= 0.3 is 0 Å². The molecule has 9 rings (SSSR count). The van der Waals surface area contributed by atoms with Gasteiger partial charge in [-0.25, -0.2) is 9.97 Å². The van der Waals surface area contributed by atoms with Crippen LogP contribution in [0.4, 0.5) is 0 Å². The van der Waals surface area contributed by atoms with Crippen LogP contribution in [0.2, 0.25) is 0 Å². The van der Waals surface area contributed by atoms with Crippen LogP contribution in [0, 0.1) is 0 Å². The van der Waals surface area contributed by atoms with Crippen LogP contribution in [0.3, 0.4) is 0 Å². The van der Waals surface area contributed by atoms with E-state index in [-0.39, 0.29) is 0 Å². The Kier molecular flexibility index (Phi) is 9.69. The van der Waals surface area contributed by atoms with Crippen molar-refractivity contribution < 1.29 is 4.74 Å². The molecule has 0 radical (unpaired) electrons. The smallest absolute Gasteiger partial charge is 0.222 e. The van der Waals surface area contributed by atoms with E-state index in [1.165, 1.54) is 20.7 Å². The molecule has 0 aliphatic rings. The lowest BCUT2D eigenvalue weighted by Gasteiger charge is -2.34. The third-order valence-corrected chi connectivity index (χ3v) is 15.1. The molecule has 2 heterocycles. The number of hydrogen-bond acceptors (Lipinski definition) is 3. The van der Waals surface area contributed by atoms with Gasteiger partial charge in [0.2, 0.25) is 11.8 Å². The van der Waals surface area contributed by atoms with Crippen LogP contribution in [0.25, 0.3) is 44.8 Å². The van der Waals surface area contributed by atoms with Gasteiger partial charge in [0.25, 0.3) is 0 Å². The molecule has 0 unspecified atom stereocenters. The Morgan fingerprint density at radius 3 is 1.30 bits per heavy atom. The van der Waals surface area contributed by atoms with Crippen molar-refractivity contribution in [3.05, 3.63) is 231 Å². The highest BCUT2D eigenvalue weighted by atomic mass is 28.3. The van der Waals surface area contributed by atoms with E-state index in [4.69, 9.17) is 14.7 Å². The van der Waals surface area contributed by atoms with Gasteiger partial charge in [-0.3, -0.25) is 0 Å². The Labute approximate surface area is 329 Å². The predicted molar refractivity (Wildman–Crippen MR) is 234 cm³/mol. The second-order valence-electron chi connectivity index (χ2n) is 13.8. The molecule has 0 aliphatic heterocycles. The summed E-state index contributed by atoms with van der Waals surface area (Å²) in [5.74, 6) is 0.964. The van der Waals surface area contributed by atoms with Gasteiger partial charge in [0.05, 0.1) is 11.4 Å². The number of aromatic nitrogens is 2. The first-order valence-electron chi connectivity index (χ1n) is 18.9. The minimum absolute atomic E-state index is 0.481. The monoisotopic (exact) mass is 734 g/mol. The van der Waals surface area contributed by atoms with Crippen molar-refractivity contribution in [3.8, 4) is 56.5 Å². The summed E-state index contributed by atoms with van der Waals surface area (Å²) in [7, 11) is -2.65. The maximum atomic E-state index is 6.52. The SMILES string of the molecule is c1ccc(-c2cccc(-c3cccc(Oc4cc(-c5ccc([Si](c6ccccc6)(c6ccccc6)c6ccccc6)cc5)cc(-c5ccccc5)n4)n3)c2)cc1. The molecule has 0 saturated heterocycles. The van der Waals surface area contributed by atoms with Crippen molar-refractivity contribution in [3.63, 3.8) is 0 Å². The average molecular weight is 735 g/mol. The van der Waals surface area contributed by atoms with E-state index in [1.807, 2.05) is 48.5 Å². The molecular formula is C52H38N2OSi. The molecule has 0 bridgehead atoms. The quantitative estimate of drug-likeness (QED) is 0.104. The topological polar surface area (TPSA) is 35.0 Å². The highest BCUT2D eigenvalue weighted by Gasteiger charge is 2.41. The van der Waals surface area contributed by atoms with Crippen LogP contribution in [-0.4, -0.2) is 18.0 Å². The Bertz CT molecular complexity index is 2590. The van der Waals surface area contributed by atoms with Crippen LogP contribution >= 0.6 is 0 Å². The number of ether oxygens (including phenoxy) is 1. The summed E-state index contributed by atoms with van der Waals surface area (Å²) < 4.78 is 6.52. The normalized spacial score (nSPS) is 11.2. The highest BCUT2D eigenvalue weighted by molar-refractivity contribution is 7.19. The van der Waals surface area contributed by atoms with Gasteiger partial charge in [0.1, 0.15) is 0 Å². The minimum atomic E-state index is -2.65. The lowest BCUT2D eigenvalue weighted by molar-refractivity contribution is 0.446. The summed E-state index contributed by atoms with van der Waals surface area (Å²) in [4.78, 5) is 9.95. The van der Waals surface area contributed by atoms with Gasteiger partial charge < -0.3 is 4.74 Å². The lowest BCUT2D eigenvalue weighted by Crippen LogP contribution is -2.74. The van der Waals surface area contributed by atoms with Crippen molar-refractivity contribution in [2.75, 3.05) is 0 Å². The van der Waals surface area contributed by atoms with Crippen molar-refractivity contribution in [2.45, 2.75) is 0 Å². The van der Waals surface area contributed by atoms with Gasteiger partial charge in [-0.05, 0) is 61.2 Å². The predicted octanol–water partition coefficient (Wildman–Crippen LogP) is 10.3. The Morgan fingerprint density at radius 2 is 0.714 bits per heavy atom. The molecule has 3 nitrogen and oxygen atoms in total. The molecule has 2 aromatic heterocycles. The molecule has 0 saturated carbocycles. The van der Waals surface area contributed by atoms with E-state index in [1.54, 1.807) is 0 Å². The van der Waals surface area contributed by atoms with E-state index in [0.29, 0.717) is 11.8 Å². The van der Waals surface area contributed by atoms with E-state index < -0.39 is 8.07 Å². The molecule has 0 amide bonds. The average Bonchev–Trinajstić information content (AvgIpc) is 3.29. The fourth-order valence-electron chi connectivity index (χ4n) is 7.69. The molecule has 266 valence electrons. The molecule has 4 heteroatoms. The molecule has 0 aliphatic carbocycles. The van der Waals surface area contributed by atoms with Crippen LogP contribution in [0.1, 0.15) is 0 Å². The molecular weight excluding hydrogens is 697 g/mol. The largest absolute Gasteiger partial charge is 0.421 e. The zero-order valence-electron chi connectivity index (χ0n) is 30.7. The second kappa shape index (κ2) is 15.7. The van der Waals surface area contributed by atoms with Crippen LogP contribution in [0.15, 0.2) is 231 Å². The fourth-order valence-corrected chi connectivity index (χ4v) is 12.4. The number of nitrogens with zero attached hydrogens (tertiary/aromatic N) is 2. The van der Waals surface area contributed by atoms with E-state index in [0.717, 1.165) is 44.8 Å². The number of pyridine rings is 2. The van der Waals surface area contributed by atoms with Gasteiger partial charge in [-0.2, -0.15) is 0 Å². The molecule has 9 aromatic rings. The van der Waals surface area contributed by atoms with Crippen LogP contribution < -0.4 is 25.5 Å². The van der Waals surface area contributed by atoms with Gasteiger partial charge in [-0.1, -0.05) is 200 Å². The summed E-state index contributed by atoms with van der Waals surface area (Å²) in [6.45, 7) is 0. The Balaban J connectivity index is 1.11. The number of benzene rings is 7. The third-order valence-electron chi connectivity index (χ3n) is 10.3. The van der Waals surface area contributed by atoms with E-state index in [9.17, 15) is 0 Å². The van der Waals surface area contributed by atoms with Crippen molar-refractivity contribution in [1.82, 2.24) is 9.97 Å². The van der Waals surface area contributed by atoms with Gasteiger partial charge in [0.15, 0.2) is 8.07 Å². The maximum absolute atomic E-state index is 6.52. The molecule has 0 fully saturated rings. The first-order valence-corrected chi connectivity index (χ1v) is 20.9. The summed E-state index contributed by atoms with van der Waals surface area (Å²) in [6, 6.07) is 81.3. The first kappa shape index (κ1) is 34.6. The molecule has 0 atom stereocenters. The summed E-state index contributed by atoms with van der Waals surface area (Å²) in [5, 5.41) is 5.35. The maximum Gasteiger partial charge on any atom is 0.222 e. The number of hydrogen-bond donors (Lipinski definition) is 0. The van der Waals surface area contributed by atoms with Crippen molar-refractivity contribution in [2.24, 2.45) is 0 Å². The molecule has 7 aromatic carbocycles. The third kappa shape index (κ3) is 6.97. The van der Waals surface area contributed by atoms with Crippen molar-refractivity contribution in [1.29, 1.82) is 0 Å². The number of rotatable bonds is 10.